The van der Waals surface area contributed by atoms with Crippen LogP contribution in [0.4, 0.5) is 0 Å². The Labute approximate surface area is 86.2 Å². The molecule has 2 fully saturated rings. The van der Waals surface area contributed by atoms with Gasteiger partial charge in [-0.1, -0.05) is 6.92 Å². The maximum Gasteiger partial charge on any atom is 0.0389 e. The minimum Gasteiger partial charge on any atom is -0.316 e. The molecular formula is C12H20N2. The molecular weight excluding hydrogens is 172 g/mol. The molecule has 78 valence electrons. The molecule has 1 saturated carbocycles. The van der Waals surface area contributed by atoms with Crippen LogP contribution in [0.5, 0.6) is 0 Å². The lowest BCUT2D eigenvalue weighted by Crippen LogP contribution is -2.40. The molecule has 1 N–H and O–H groups in total. The van der Waals surface area contributed by atoms with Gasteiger partial charge < -0.3 is 5.32 Å². The summed E-state index contributed by atoms with van der Waals surface area (Å²) in [4.78, 5) is 4.75. The van der Waals surface area contributed by atoms with Crippen molar-refractivity contribution in [2.75, 3.05) is 19.6 Å². The lowest BCUT2D eigenvalue weighted by Gasteiger charge is -2.40. The van der Waals surface area contributed by atoms with Crippen LogP contribution in [-0.4, -0.2) is 25.3 Å². The van der Waals surface area contributed by atoms with Crippen molar-refractivity contribution in [1.29, 1.82) is 0 Å². The van der Waals surface area contributed by atoms with Crippen molar-refractivity contribution in [3.05, 3.63) is 0 Å². The largest absolute Gasteiger partial charge is 0.316 e. The fraction of sp³-hybridized carbons (Fsp3) is 0.917. The van der Waals surface area contributed by atoms with Crippen molar-refractivity contribution >= 4 is 5.71 Å². The summed E-state index contributed by atoms with van der Waals surface area (Å²) < 4.78 is 0. The topological polar surface area (TPSA) is 24.4 Å². The number of hydrogen-bond donors (Lipinski definition) is 1. The normalized spacial score (nSPS) is 46.8. The minimum atomic E-state index is 0.838. The molecule has 0 radical (unpaired) electrons. The van der Waals surface area contributed by atoms with Gasteiger partial charge in [-0.2, -0.15) is 0 Å². The highest BCUT2D eigenvalue weighted by Crippen LogP contribution is 2.42. The van der Waals surface area contributed by atoms with Crippen molar-refractivity contribution in [2.45, 2.75) is 26.2 Å². The van der Waals surface area contributed by atoms with Crippen LogP contribution in [0.15, 0.2) is 4.99 Å². The fourth-order valence-corrected chi connectivity index (χ4v) is 3.76. The number of hydrogen-bond acceptors (Lipinski definition) is 2. The second kappa shape index (κ2) is 3.34. The molecule has 2 nitrogen and oxygen atoms in total. The molecule has 0 bridgehead atoms. The van der Waals surface area contributed by atoms with E-state index in [9.17, 15) is 0 Å². The van der Waals surface area contributed by atoms with E-state index in [0.29, 0.717) is 0 Å². The predicted octanol–water partition coefficient (Wildman–Crippen LogP) is 1.71. The van der Waals surface area contributed by atoms with E-state index in [1.807, 2.05) is 0 Å². The van der Waals surface area contributed by atoms with Crippen LogP contribution in [0, 0.1) is 23.7 Å². The smallest absolute Gasteiger partial charge is 0.0389 e. The number of aliphatic imine (C=N–C) groups is 1. The third kappa shape index (κ3) is 1.23. The number of nitrogens with zero attached hydrogens (tertiary/aromatic N) is 1. The zero-order valence-electron chi connectivity index (χ0n) is 9.00. The average molecular weight is 192 g/mol. The van der Waals surface area contributed by atoms with E-state index < -0.39 is 0 Å². The van der Waals surface area contributed by atoms with Gasteiger partial charge in [-0.15, -0.1) is 0 Å². The summed E-state index contributed by atoms with van der Waals surface area (Å²) in [7, 11) is 0. The van der Waals surface area contributed by atoms with Gasteiger partial charge in [0.25, 0.3) is 0 Å². The summed E-state index contributed by atoms with van der Waals surface area (Å²) in [5, 5.41) is 3.55. The first-order valence-corrected chi connectivity index (χ1v) is 6.10. The standard InChI is InChI=1S/C12H20N2/c1-8-10-3-2-4-14-12(10)5-9-6-13-7-11(8)9/h8-11,13H,2-7H2,1H3. The van der Waals surface area contributed by atoms with Crippen LogP contribution >= 0.6 is 0 Å². The van der Waals surface area contributed by atoms with Crippen molar-refractivity contribution < 1.29 is 0 Å². The van der Waals surface area contributed by atoms with Crippen LogP contribution in [-0.2, 0) is 0 Å². The lowest BCUT2D eigenvalue weighted by atomic mass is 9.66. The number of fused-ring (bicyclic) bond motifs is 2. The minimum absolute atomic E-state index is 0.838. The molecule has 0 aromatic carbocycles. The molecule has 0 aromatic rings. The molecule has 14 heavy (non-hydrogen) atoms. The second-order valence-electron chi connectivity index (χ2n) is 5.27. The van der Waals surface area contributed by atoms with E-state index in [2.05, 4.69) is 12.2 Å². The summed E-state index contributed by atoms with van der Waals surface area (Å²) in [5.41, 5.74) is 1.56. The van der Waals surface area contributed by atoms with Gasteiger partial charge in [-0.05, 0) is 56.0 Å². The first-order chi connectivity index (χ1) is 6.86. The molecule has 2 heterocycles. The summed E-state index contributed by atoms with van der Waals surface area (Å²) in [5.74, 6) is 3.56. The highest BCUT2D eigenvalue weighted by molar-refractivity contribution is 5.88. The van der Waals surface area contributed by atoms with Crippen LogP contribution in [0.1, 0.15) is 26.2 Å². The molecule has 0 amide bonds. The Morgan fingerprint density at radius 1 is 1.36 bits per heavy atom. The van der Waals surface area contributed by atoms with Gasteiger partial charge in [0.15, 0.2) is 0 Å². The van der Waals surface area contributed by atoms with Crippen LogP contribution in [0.2, 0.25) is 0 Å². The van der Waals surface area contributed by atoms with Crippen molar-refractivity contribution in [2.24, 2.45) is 28.7 Å². The molecule has 0 aromatic heterocycles. The average Bonchev–Trinajstić information content (AvgIpc) is 2.66. The van der Waals surface area contributed by atoms with Crippen molar-refractivity contribution in [3.8, 4) is 0 Å². The van der Waals surface area contributed by atoms with E-state index in [1.165, 1.54) is 32.4 Å². The van der Waals surface area contributed by atoms with E-state index in [0.717, 1.165) is 30.2 Å². The predicted molar refractivity (Wildman–Crippen MR) is 58.7 cm³/mol. The van der Waals surface area contributed by atoms with Gasteiger partial charge in [0.2, 0.25) is 0 Å². The van der Waals surface area contributed by atoms with Gasteiger partial charge in [0.1, 0.15) is 0 Å². The van der Waals surface area contributed by atoms with Crippen LogP contribution in [0.3, 0.4) is 0 Å². The SMILES string of the molecule is CC1C2CCCN=C2CC2CNCC21. The van der Waals surface area contributed by atoms with E-state index >= 15 is 0 Å². The third-order valence-corrected chi connectivity index (χ3v) is 4.59. The number of nitrogens with one attached hydrogen (secondary N) is 1. The first-order valence-electron chi connectivity index (χ1n) is 6.10. The first kappa shape index (κ1) is 8.90. The zero-order valence-corrected chi connectivity index (χ0v) is 9.00. The summed E-state index contributed by atoms with van der Waals surface area (Å²) in [6.07, 6.45) is 4.03. The van der Waals surface area contributed by atoms with Gasteiger partial charge in [-0.25, -0.2) is 0 Å². The van der Waals surface area contributed by atoms with E-state index in [-0.39, 0.29) is 0 Å². The second-order valence-corrected chi connectivity index (χ2v) is 5.27. The van der Waals surface area contributed by atoms with Crippen LogP contribution in [0.25, 0.3) is 0 Å². The van der Waals surface area contributed by atoms with Gasteiger partial charge in [0, 0.05) is 12.3 Å². The Hall–Kier alpha value is -0.370. The number of rotatable bonds is 0. The molecule has 2 aliphatic heterocycles. The Bertz CT molecular complexity index is 259. The van der Waals surface area contributed by atoms with Gasteiger partial charge >= 0.3 is 0 Å². The fourth-order valence-electron chi connectivity index (χ4n) is 3.76. The highest BCUT2D eigenvalue weighted by Gasteiger charge is 2.42. The molecule has 4 unspecified atom stereocenters. The molecule has 2 heteroatoms. The Morgan fingerprint density at radius 2 is 2.29 bits per heavy atom. The van der Waals surface area contributed by atoms with E-state index in [4.69, 9.17) is 4.99 Å². The van der Waals surface area contributed by atoms with Crippen LogP contribution < -0.4 is 5.32 Å². The molecule has 0 spiro atoms. The molecule has 1 saturated heterocycles. The Balaban J connectivity index is 1.87. The van der Waals surface area contributed by atoms with Crippen molar-refractivity contribution in [1.82, 2.24) is 5.32 Å². The summed E-state index contributed by atoms with van der Waals surface area (Å²) in [6, 6.07) is 0. The molecule has 3 rings (SSSR count). The zero-order chi connectivity index (χ0) is 9.54. The molecule has 3 aliphatic rings. The van der Waals surface area contributed by atoms with E-state index in [1.54, 1.807) is 5.71 Å². The maximum absolute atomic E-state index is 4.75. The van der Waals surface area contributed by atoms with Gasteiger partial charge in [-0.3, -0.25) is 4.99 Å². The molecule has 4 atom stereocenters. The maximum atomic E-state index is 4.75. The van der Waals surface area contributed by atoms with Crippen molar-refractivity contribution in [3.63, 3.8) is 0 Å². The molecule has 1 aliphatic carbocycles. The third-order valence-electron chi connectivity index (χ3n) is 4.59. The monoisotopic (exact) mass is 192 g/mol. The Kier molecular flexibility index (Phi) is 2.12. The highest BCUT2D eigenvalue weighted by atomic mass is 14.9. The summed E-state index contributed by atoms with van der Waals surface area (Å²) >= 11 is 0. The van der Waals surface area contributed by atoms with Gasteiger partial charge in [0.05, 0.1) is 0 Å². The summed E-state index contributed by atoms with van der Waals surface area (Å²) in [6.45, 7) is 6.05. The lowest BCUT2D eigenvalue weighted by molar-refractivity contribution is 0.214. The Morgan fingerprint density at radius 3 is 3.21 bits per heavy atom. The quantitative estimate of drug-likeness (QED) is 0.621.